The summed E-state index contributed by atoms with van der Waals surface area (Å²) in [7, 11) is 1.83. The Balaban J connectivity index is 3.72. The van der Waals surface area contributed by atoms with Crippen LogP contribution in [0.5, 0.6) is 0 Å². The lowest BCUT2D eigenvalue weighted by Gasteiger charge is -2.22. The van der Waals surface area contributed by atoms with E-state index < -0.39 is 0 Å². The van der Waals surface area contributed by atoms with Gasteiger partial charge in [-0.1, -0.05) is 163 Å². The van der Waals surface area contributed by atoms with Gasteiger partial charge in [-0.25, -0.2) is 0 Å². The average Bonchev–Trinajstić information content (AvgIpc) is 2.91. The normalized spacial score (nSPS) is 16.5. The van der Waals surface area contributed by atoms with Crippen molar-refractivity contribution in [3.8, 4) is 0 Å². The van der Waals surface area contributed by atoms with E-state index >= 15 is 0 Å². The standard InChI is InChI=1S/C41H82O/c1-34(2)20-14-23-37(5)26-17-29-38(6)27-15-24-35(3)21-12-13-22-36(4)25-16-28-39(7)30-18-31-40(8)32-19-33-41(9,10)42-11/h31,34-39H,12-30,32-33H2,1-11H3/b40-31+/t35-,36?,37?,38?,39?/m1/s1. The predicted octanol–water partition coefficient (Wildman–Crippen LogP) is 14.4. The van der Waals surface area contributed by atoms with E-state index in [1.165, 1.54) is 128 Å². The van der Waals surface area contributed by atoms with Crippen molar-refractivity contribution in [3.63, 3.8) is 0 Å². The molecule has 0 saturated heterocycles. The first-order valence-corrected chi connectivity index (χ1v) is 19.0. The van der Waals surface area contributed by atoms with Crippen LogP contribution < -0.4 is 0 Å². The number of ether oxygens (including phenoxy) is 1. The van der Waals surface area contributed by atoms with Gasteiger partial charge in [-0.2, -0.15) is 0 Å². The van der Waals surface area contributed by atoms with Crippen molar-refractivity contribution in [1.29, 1.82) is 0 Å². The third-order valence-electron chi connectivity index (χ3n) is 10.4. The minimum Gasteiger partial charge on any atom is -0.379 e. The molecule has 0 saturated carbocycles. The molecule has 1 heteroatoms. The Morgan fingerprint density at radius 1 is 0.524 bits per heavy atom. The smallest absolute Gasteiger partial charge is 0.0622 e. The van der Waals surface area contributed by atoms with Crippen molar-refractivity contribution in [3.05, 3.63) is 11.6 Å². The Morgan fingerprint density at radius 3 is 1.26 bits per heavy atom. The molecular formula is C41H82O. The van der Waals surface area contributed by atoms with Crippen LogP contribution in [0, 0.1) is 35.5 Å². The van der Waals surface area contributed by atoms with E-state index in [2.05, 4.69) is 75.3 Å². The summed E-state index contributed by atoms with van der Waals surface area (Å²) >= 11 is 0. The number of hydrogen-bond acceptors (Lipinski definition) is 1. The molecule has 0 fully saturated rings. The Kier molecular flexibility index (Phi) is 25.8. The number of methoxy groups -OCH3 is 1. The second-order valence-corrected chi connectivity index (χ2v) is 16.4. The summed E-state index contributed by atoms with van der Waals surface area (Å²) < 4.78 is 5.55. The number of unbranched alkanes of at least 4 members (excludes halogenated alkanes) is 1. The second kappa shape index (κ2) is 26.0. The monoisotopic (exact) mass is 591 g/mol. The van der Waals surface area contributed by atoms with E-state index in [1.54, 1.807) is 5.57 Å². The molecule has 0 aromatic rings. The molecule has 1 nitrogen and oxygen atoms in total. The molecule has 0 amide bonds. The molecule has 0 N–H and O–H groups in total. The first-order valence-electron chi connectivity index (χ1n) is 19.0. The lowest BCUT2D eigenvalue weighted by atomic mass is 9.89. The van der Waals surface area contributed by atoms with Gasteiger partial charge in [0.25, 0.3) is 0 Å². The largest absolute Gasteiger partial charge is 0.379 e. The summed E-state index contributed by atoms with van der Waals surface area (Å²) in [5.41, 5.74) is 1.59. The third-order valence-corrected chi connectivity index (χ3v) is 10.4. The molecule has 4 unspecified atom stereocenters. The van der Waals surface area contributed by atoms with Crippen LogP contribution in [0.25, 0.3) is 0 Å². The van der Waals surface area contributed by atoms with Crippen LogP contribution >= 0.6 is 0 Å². The molecular weight excluding hydrogens is 508 g/mol. The Bertz CT molecular complexity index is 616. The minimum absolute atomic E-state index is 0.0217. The van der Waals surface area contributed by atoms with Crippen LogP contribution in [-0.4, -0.2) is 12.7 Å². The lowest BCUT2D eigenvalue weighted by molar-refractivity contribution is 0.0140. The van der Waals surface area contributed by atoms with Gasteiger partial charge >= 0.3 is 0 Å². The number of rotatable bonds is 29. The molecule has 5 atom stereocenters. The van der Waals surface area contributed by atoms with Gasteiger partial charge in [0, 0.05) is 7.11 Å². The number of hydrogen-bond donors (Lipinski definition) is 0. The molecule has 0 aliphatic heterocycles. The summed E-state index contributed by atoms with van der Waals surface area (Å²) in [6, 6.07) is 0. The van der Waals surface area contributed by atoms with Crippen molar-refractivity contribution < 1.29 is 4.74 Å². The summed E-state index contributed by atoms with van der Waals surface area (Å²) in [5.74, 6) is 5.41. The van der Waals surface area contributed by atoms with Crippen LogP contribution in [0.2, 0.25) is 0 Å². The van der Waals surface area contributed by atoms with Gasteiger partial charge in [-0.05, 0) is 88.4 Å². The van der Waals surface area contributed by atoms with Gasteiger partial charge in [-0.3, -0.25) is 0 Å². The molecule has 0 rings (SSSR count). The van der Waals surface area contributed by atoms with E-state index in [-0.39, 0.29) is 5.60 Å². The maximum absolute atomic E-state index is 5.55. The van der Waals surface area contributed by atoms with Crippen molar-refractivity contribution in [1.82, 2.24) is 0 Å². The molecule has 0 aliphatic carbocycles. The minimum atomic E-state index is 0.0217. The van der Waals surface area contributed by atoms with E-state index in [9.17, 15) is 0 Å². The van der Waals surface area contributed by atoms with Crippen LogP contribution in [0.15, 0.2) is 11.6 Å². The highest BCUT2D eigenvalue weighted by Gasteiger charge is 2.15. The fourth-order valence-electron chi connectivity index (χ4n) is 6.64. The molecule has 0 aromatic heterocycles. The van der Waals surface area contributed by atoms with Gasteiger partial charge in [-0.15, -0.1) is 0 Å². The zero-order valence-electron chi connectivity index (χ0n) is 31.3. The Morgan fingerprint density at radius 2 is 0.881 bits per heavy atom. The first kappa shape index (κ1) is 41.7. The highest BCUT2D eigenvalue weighted by atomic mass is 16.5. The molecule has 0 aromatic carbocycles. The van der Waals surface area contributed by atoms with E-state index in [0.29, 0.717) is 0 Å². The van der Waals surface area contributed by atoms with Crippen molar-refractivity contribution in [2.45, 2.75) is 210 Å². The topological polar surface area (TPSA) is 9.23 Å². The third kappa shape index (κ3) is 27.3. The molecule has 0 aliphatic rings. The SMILES string of the molecule is COC(C)(C)CCC/C(C)=C/CCC(C)CCCC(C)CCCC[C@@H](C)CCCC(C)CCCC(C)CCCC(C)C. The Hall–Kier alpha value is -0.300. The Labute approximate surface area is 268 Å². The van der Waals surface area contributed by atoms with Crippen molar-refractivity contribution in [2.24, 2.45) is 35.5 Å². The van der Waals surface area contributed by atoms with Crippen LogP contribution in [0.3, 0.4) is 0 Å². The second-order valence-electron chi connectivity index (χ2n) is 16.4. The van der Waals surface area contributed by atoms with Gasteiger partial charge in [0.05, 0.1) is 5.60 Å². The maximum Gasteiger partial charge on any atom is 0.0622 e. The highest BCUT2D eigenvalue weighted by Crippen LogP contribution is 2.25. The molecule has 0 heterocycles. The van der Waals surface area contributed by atoms with Gasteiger partial charge in [0.15, 0.2) is 0 Å². The van der Waals surface area contributed by atoms with Gasteiger partial charge < -0.3 is 4.74 Å². The van der Waals surface area contributed by atoms with E-state index in [4.69, 9.17) is 4.74 Å². The predicted molar refractivity (Wildman–Crippen MR) is 192 cm³/mol. The van der Waals surface area contributed by atoms with Crippen molar-refractivity contribution >= 4 is 0 Å². The molecule has 0 bridgehead atoms. The van der Waals surface area contributed by atoms with E-state index in [1.807, 2.05) is 7.11 Å². The zero-order chi connectivity index (χ0) is 31.8. The summed E-state index contributed by atoms with van der Waals surface area (Å²) in [6.07, 6.45) is 31.7. The lowest BCUT2D eigenvalue weighted by Crippen LogP contribution is -2.21. The molecule has 0 radical (unpaired) electrons. The fourth-order valence-corrected chi connectivity index (χ4v) is 6.64. The van der Waals surface area contributed by atoms with Gasteiger partial charge in [0.2, 0.25) is 0 Å². The van der Waals surface area contributed by atoms with Gasteiger partial charge in [0.1, 0.15) is 0 Å². The first-order chi connectivity index (χ1) is 19.8. The van der Waals surface area contributed by atoms with Crippen molar-refractivity contribution in [2.75, 3.05) is 7.11 Å². The zero-order valence-corrected chi connectivity index (χ0v) is 31.3. The van der Waals surface area contributed by atoms with Crippen LogP contribution in [0.1, 0.15) is 204 Å². The fraction of sp³-hybridized carbons (Fsp3) is 0.951. The summed E-state index contributed by atoms with van der Waals surface area (Å²) in [5, 5.41) is 0. The summed E-state index contributed by atoms with van der Waals surface area (Å²) in [4.78, 5) is 0. The molecule has 252 valence electrons. The van der Waals surface area contributed by atoms with Crippen LogP contribution in [0.4, 0.5) is 0 Å². The molecule has 0 spiro atoms. The van der Waals surface area contributed by atoms with Crippen LogP contribution in [-0.2, 0) is 4.74 Å². The summed E-state index contributed by atoms with van der Waals surface area (Å²) in [6.45, 7) is 23.9. The molecule has 42 heavy (non-hydrogen) atoms. The highest BCUT2D eigenvalue weighted by molar-refractivity contribution is 4.98. The quantitative estimate of drug-likeness (QED) is 0.0622. The maximum atomic E-state index is 5.55. The number of allylic oxidation sites excluding steroid dienone is 2. The van der Waals surface area contributed by atoms with E-state index in [0.717, 1.165) is 41.9 Å². The average molecular weight is 591 g/mol.